The quantitative estimate of drug-likeness (QED) is 0.600. The third-order valence-corrected chi connectivity index (χ3v) is 5.55. The molecular formula is C18H16BrF3N4O2S. The van der Waals surface area contributed by atoms with Crippen LogP contribution in [0.4, 0.5) is 18.9 Å². The van der Waals surface area contributed by atoms with Gasteiger partial charge in [-0.1, -0.05) is 15.9 Å². The van der Waals surface area contributed by atoms with Crippen molar-refractivity contribution < 1.29 is 21.6 Å². The summed E-state index contributed by atoms with van der Waals surface area (Å²) in [5.41, 5.74) is 0.595. The summed E-state index contributed by atoms with van der Waals surface area (Å²) in [5, 5.41) is 8.81. The Balaban J connectivity index is 2.26. The van der Waals surface area contributed by atoms with Gasteiger partial charge in [0.25, 0.3) is 0 Å². The van der Waals surface area contributed by atoms with E-state index in [0.717, 1.165) is 10.7 Å². The van der Waals surface area contributed by atoms with Crippen molar-refractivity contribution in [1.29, 1.82) is 0 Å². The maximum absolute atomic E-state index is 13.4. The first-order chi connectivity index (χ1) is 13.4. The van der Waals surface area contributed by atoms with E-state index < -0.39 is 21.9 Å². The lowest BCUT2D eigenvalue weighted by Gasteiger charge is -2.18. The van der Waals surface area contributed by atoms with Crippen LogP contribution in [0.3, 0.4) is 0 Å². The summed E-state index contributed by atoms with van der Waals surface area (Å²) in [7, 11) is -0.375. The highest BCUT2D eigenvalue weighted by molar-refractivity contribution is 9.10. The minimum absolute atomic E-state index is 0.151. The van der Waals surface area contributed by atoms with Crippen molar-refractivity contribution in [2.75, 3.05) is 19.0 Å². The van der Waals surface area contributed by atoms with Crippen molar-refractivity contribution in [3.05, 3.63) is 58.7 Å². The van der Waals surface area contributed by atoms with E-state index in [1.165, 1.54) is 24.3 Å². The molecule has 29 heavy (non-hydrogen) atoms. The minimum Gasteiger partial charge on any atom is -0.377 e. The highest BCUT2D eigenvalue weighted by Gasteiger charge is 2.35. The molecule has 2 aromatic carbocycles. The topological polar surface area (TPSA) is 81.2 Å². The largest absolute Gasteiger partial charge is 0.435 e. The van der Waals surface area contributed by atoms with Crippen LogP contribution in [-0.4, -0.2) is 32.3 Å². The van der Waals surface area contributed by atoms with Gasteiger partial charge in [-0.05, 0) is 48.5 Å². The van der Waals surface area contributed by atoms with Crippen LogP contribution in [0.2, 0.25) is 0 Å². The molecule has 0 spiro atoms. The number of aromatic nitrogens is 2. The normalized spacial score (nSPS) is 12.2. The number of nitrogens with zero attached hydrogens (tertiary/aromatic N) is 3. The molecule has 0 unspecified atom stereocenters. The van der Waals surface area contributed by atoms with Gasteiger partial charge in [-0.25, -0.2) is 18.2 Å². The fraction of sp³-hybridized carbons (Fsp3) is 0.167. The standard InChI is InChI=1S/C18H16BrF3N4O2S/c1-25(2)15-8-3-11(19)9-14(15)16-10-17(18(20,21)22)24-26(16)12-4-6-13(7-5-12)29(23,27)28/h3-10H,1-2H3,(H2,23,27,28). The first-order valence-corrected chi connectivity index (χ1v) is 10.5. The SMILES string of the molecule is CN(C)c1ccc(Br)cc1-c1cc(C(F)(F)F)nn1-c1ccc(S(N)(=O)=O)cc1. The zero-order valence-electron chi connectivity index (χ0n) is 15.3. The molecule has 0 aliphatic heterocycles. The van der Waals surface area contributed by atoms with Crippen LogP contribution >= 0.6 is 15.9 Å². The van der Waals surface area contributed by atoms with Gasteiger partial charge in [-0.2, -0.15) is 18.3 Å². The lowest BCUT2D eigenvalue weighted by Crippen LogP contribution is -2.12. The molecule has 3 aromatic rings. The molecule has 2 N–H and O–H groups in total. The Hall–Kier alpha value is -2.37. The van der Waals surface area contributed by atoms with Gasteiger partial charge in [0.1, 0.15) is 0 Å². The minimum atomic E-state index is -4.65. The third kappa shape index (κ3) is 4.46. The summed E-state index contributed by atoms with van der Waals surface area (Å²) >= 11 is 3.35. The summed E-state index contributed by atoms with van der Waals surface area (Å²) in [6.07, 6.45) is -4.65. The zero-order valence-corrected chi connectivity index (χ0v) is 17.7. The van der Waals surface area contributed by atoms with Crippen molar-refractivity contribution in [3.63, 3.8) is 0 Å². The lowest BCUT2D eigenvalue weighted by molar-refractivity contribution is -0.141. The predicted molar refractivity (Wildman–Crippen MR) is 107 cm³/mol. The molecule has 0 bridgehead atoms. The molecule has 0 amide bonds. The second-order valence-electron chi connectivity index (χ2n) is 6.42. The Kier molecular flexibility index (Phi) is 5.50. The van der Waals surface area contributed by atoms with E-state index >= 15 is 0 Å². The van der Waals surface area contributed by atoms with E-state index in [2.05, 4.69) is 21.0 Å². The van der Waals surface area contributed by atoms with Gasteiger partial charge in [-0.3, -0.25) is 0 Å². The highest BCUT2D eigenvalue weighted by Crippen LogP contribution is 2.38. The van der Waals surface area contributed by atoms with Gasteiger partial charge >= 0.3 is 6.18 Å². The summed E-state index contributed by atoms with van der Waals surface area (Å²) < 4.78 is 64.9. The number of alkyl halides is 3. The second kappa shape index (κ2) is 7.47. The summed E-state index contributed by atoms with van der Waals surface area (Å²) in [4.78, 5) is 1.62. The Labute approximate surface area is 173 Å². The van der Waals surface area contributed by atoms with Crippen molar-refractivity contribution in [3.8, 4) is 16.9 Å². The van der Waals surface area contributed by atoms with Gasteiger partial charge in [0, 0.05) is 29.8 Å². The van der Waals surface area contributed by atoms with Crippen LogP contribution in [0.15, 0.2) is 57.9 Å². The predicted octanol–water partition coefficient (Wildman–Crippen LogP) is 4.03. The first-order valence-electron chi connectivity index (χ1n) is 8.15. The van der Waals surface area contributed by atoms with Crippen molar-refractivity contribution in [2.45, 2.75) is 11.1 Å². The number of sulfonamides is 1. The van der Waals surface area contributed by atoms with E-state index in [1.807, 2.05) is 0 Å². The summed E-state index contributed by atoms with van der Waals surface area (Å²) in [6, 6.07) is 11.4. The van der Waals surface area contributed by atoms with Crippen molar-refractivity contribution in [2.24, 2.45) is 5.14 Å². The van der Waals surface area contributed by atoms with E-state index in [9.17, 15) is 21.6 Å². The number of nitrogens with two attached hydrogens (primary N) is 1. The number of benzene rings is 2. The van der Waals surface area contributed by atoms with E-state index in [4.69, 9.17) is 5.14 Å². The second-order valence-corrected chi connectivity index (χ2v) is 8.90. The van der Waals surface area contributed by atoms with Crippen LogP contribution in [0.5, 0.6) is 0 Å². The van der Waals surface area contributed by atoms with Crippen LogP contribution in [-0.2, 0) is 16.2 Å². The van der Waals surface area contributed by atoms with Crippen LogP contribution in [0.25, 0.3) is 16.9 Å². The molecule has 1 heterocycles. The molecule has 0 aliphatic carbocycles. The molecule has 3 rings (SSSR count). The Morgan fingerprint density at radius 2 is 1.69 bits per heavy atom. The number of rotatable bonds is 4. The van der Waals surface area contributed by atoms with E-state index in [0.29, 0.717) is 15.7 Å². The molecular weight excluding hydrogens is 473 g/mol. The fourth-order valence-electron chi connectivity index (χ4n) is 2.79. The Morgan fingerprint density at radius 3 is 2.21 bits per heavy atom. The van der Waals surface area contributed by atoms with Crippen molar-refractivity contribution >= 4 is 31.6 Å². The number of hydrogen-bond donors (Lipinski definition) is 1. The molecule has 6 nitrogen and oxygen atoms in total. The van der Waals surface area contributed by atoms with E-state index in [-0.39, 0.29) is 16.3 Å². The van der Waals surface area contributed by atoms with E-state index in [1.54, 1.807) is 37.2 Å². The van der Waals surface area contributed by atoms with Crippen LogP contribution in [0, 0.1) is 0 Å². The fourth-order valence-corrected chi connectivity index (χ4v) is 3.67. The highest BCUT2D eigenvalue weighted by atomic mass is 79.9. The third-order valence-electron chi connectivity index (χ3n) is 4.13. The molecule has 0 atom stereocenters. The molecule has 154 valence electrons. The lowest BCUT2D eigenvalue weighted by atomic mass is 10.1. The summed E-state index contributed by atoms with van der Waals surface area (Å²) in [6.45, 7) is 0. The summed E-state index contributed by atoms with van der Waals surface area (Å²) in [5.74, 6) is 0. The zero-order chi connectivity index (χ0) is 21.6. The molecule has 1 aromatic heterocycles. The maximum atomic E-state index is 13.4. The van der Waals surface area contributed by atoms with Gasteiger partial charge < -0.3 is 4.90 Å². The van der Waals surface area contributed by atoms with Crippen molar-refractivity contribution in [1.82, 2.24) is 9.78 Å². The van der Waals surface area contributed by atoms with Gasteiger partial charge in [0.2, 0.25) is 10.0 Å². The van der Waals surface area contributed by atoms with Crippen LogP contribution in [0.1, 0.15) is 5.69 Å². The number of anilines is 1. The average Bonchev–Trinajstić information content (AvgIpc) is 3.06. The molecule has 0 radical (unpaired) electrons. The molecule has 11 heteroatoms. The molecule has 0 fully saturated rings. The number of primary sulfonamides is 1. The first kappa shape index (κ1) is 21.3. The smallest absolute Gasteiger partial charge is 0.377 e. The molecule has 0 aliphatic rings. The number of hydrogen-bond acceptors (Lipinski definition) is 4. The number of halogens is 4. The van der Waals surface area contributed by atoms with Gasteiger partial charge in [0.15, 0.2) is 5.69 Å². The molecule has 0 saturated heterocycles. The molecule has 0 saturated carbocycles. The van der Waals surface area contributed by atoms with Crippen LogP contribution < -0.4 is 10.0 Å². The Morgan fingerprint density at radius 1 is 1.07 bits per heavy atom. The van der Waals surface area contributed by atoms with Gasteiger partial charge in [-0.15, -0.1) is 0 Å². The average molecular weight is 489 g/mol. The maximum Gasteiger partial charge on any atom is 0.435 e. The van der Waals surface area contributed by atoms with Gasteiger partial charge in [0.05, 0.1) is 16.3 Å². The Bertz CT molecular complexity index is 1160. The monoisotopic (exact) mass is 488 g/mol.